The quantitative estimate of drug-likeness (QED) is 0.120. The summed E-state index contributed by atoms with van der Waals surface area (Å²) in [6.45, 7) is -0.925. The fourth-order valence-corrected chi connectivity index (χ4v) is 4.57. The number of hydrogen-bond acceptors (Lipinski definition) is 11. The van der Waals surface area contributed by atoms with Crippen molar-refractivity contribution in [2.24, 2.45) is 4.99 Å². The third kappa shape index (κ3) is 5.42. The number of hydrogen-bond donors (Lipinski definition) is 6. The summed E-state index contributed by atoms with van der Waals surface area (Å²) in [6, 6.07) is -0.911. The van der Waals surface area contributed by atoms with Crippen LogP contribution in [0, 0.1) is 5.41 Å². The van der Waals surface area contributed by atoms with Gasteiger partial charge in [-0.2, -0.15) is 9.89 Å². The molecule has 6 atom stereocenters. The first-order valence-corrected chi connectivity index (χ1v) is 10.9. The number of amidine groups is 1. The smallest absolute Gasteiger partial charge is 0.476 e. The normalized spacial score (nSPS) is 33.3. The second kappa shape index (κ2) is 9.11. The zero-order chi connectivity index (χ0) is 21.7. The predicted molar refractivity (Wildman–Crippen MR) is 94.3 cm³/mol. The number of nitrogens with zero attached hydrogens (tertiary/aromatic N) is 3. The zero-order valence-corrected chi connectivity index (χ0v) is 19.3. The number of amides is 1. The maximum Gasteiger partial charge on any atom is 0.476 e. The molecule has 3 heterocycles. The maximum absolute atomic E-state index is 12.1. The van der Waals surface area contributed by atoms with Crippen LogP contribution in [0.25, 0.3) is 0 Å². The molecule has 16 nitrogen and oxygen atoms in total. The number of fused-ring (bicyclic) bond motifs is 1. The first kappa shape index (κ1) is 25.7. The molecule has 1 radical (unpaired) electrons. The van der Waals surface area contributed by atoms with Crippen LogP contribution in [-0.4, -0.2) is 127 Å². The monoisotopic (exact) mass is 480 g/mol. The van der Waals surface area contributed by atoms with E-state index >= 15 is 0 Å². The number of likely N-dealkylation sites (N-methyl/N-ethyl adjacent to an activating group) is 1. The molecule has 1 saturated heterocycles. The van der Waals surface area contributed by atoms with Crippen LogP contribution in [-0.2, 0) is 27.5 Å². The Balaban J connectivity index is 0.00000320. The minimum Gasteiger partial charge on any atom is -0.756 e. The Hall–Kier alpha value is -0.580. The summed E-state index contributed by atoms with van der Waals surface area (Å²) < 4.78 is 36.7. The molecule has 1 fully saturated rings. The summed E-state index contributed by atoms with van der Waals surface area (Å²) in [7, 11) is -9.29. The summed E-state index contributed by atoms with van der Waals surface area (Å²) >= 11 is 0. The first-order chi connectivity index (χ1) is 13.3. The van der Waals surface area contributed by atoms with Crippen molar-refractivity contribution in [3.63, 3.8) is 0 Å². The minimum absolute atomic E-state index is 0. The van der Waals surface area contributed by atoms with Crippen LogP contribution in [0.3, 0.4) is 0 Å². The van der Waals surface area contributed by atoms with E-state index in [-0.39, 0.29) is 35.4 Å². The van der Waals surface area contributed by atoms with Crippen LogP contribution in [0.1, 0.15) is 0 Å². The van der Waals surface area contributed by atoms with Gasteiger partial charge in [-0.05, 0) is 0 Å². The van der Waals surface area contributed by atoms with Crippen molar-refractivity contribution in [3.05, 3.63) is 0 Å². The number of aliphatic hydroxyl groups is 2. The molecule has 0 aliphatic carbocycles. The van der Waals surface area contributed by atoms with E-state index < -0.39 is 64.7 Å². The van der Waals surface area contributed by atoms with E-state index in [1.807, 2.05) is 0 Å². The number of nitrogens with one attached hydrogen (secondary N) is 2. The molecule has 0 aromatic carbocycles. The molecular weight excluding hydrogens is 463 g/mol. The summed E-state index contributed by atoms with van der Waals surface area (Å²) in [6.07, 6.45) is -4.68. The molecule has 0 saturated carbocycles. The van der Waals surface area contributed by atoms with E-state index in [9.17, 15) is 29.0 Å². The van der Waals surface area contributed by atoms with Crippen LogP contribution < -0.4 is 10.2 Å². The number of ether oxygens (including phenoxy) is 1. The Morgan fingerprint density at radius 1 is 1.40 bits per heavy atom. The molecule has 2 unspecified atom stereocenters. The predicted octanol–water partition coefficient (Wildman–Crippen LogP) is -4.54. The maximum atomic E-state index is 12.1. The van der Waals surface area contributed by atoms with E-state index in [1.165, 1.54) is 22.9 Å². The van der Waals surface area contributed by atoms with E-state index in [4.69, 9.17) is 19.9 Å². The van der Waals surface area contributed by atoms with E-state index in [0.29, 0.717) is 0 Å². The van der Waals surface area contributed by atoms with E-state index in [2.05, 4.69) is 19.1 Å². The Kier molecular flexibility index (Phi) is 7.80. The Morgan fingerprint density at radius 3 is 2.63 bits per heavy atom. The Labute approximate surface area is 190 Å². The number of phosphoric acid groups is 2. The van der Waals surface area contributed by atoms with Crippen molar-refractivity contribution in [2.75, 3.05) is 13.7 Å². The molecule has 0 spiro atoms. The molecule has 3 rings (SSSR count). The number of guanidine groups is 1. The molecule has 0 aromatic heterocycles. The third-order valence-corrected chi connectivity index (χ3v) is 6.27. The fourth-order valence-electron chi connectivity index (χ4n) is 3.01. The summed E-state index contributed by atoms with van der Waals surface area (Å²) in [4.78, 5) is 45.7. The van der Waals surface area contributed by atoms with Crippen molar-refractivity contribution in [2.45, 2.75) is 30.6 Å². The van der Waals surface area contributed by atoms with Crippen LogP contribution >= 0.6 is 15.6 Å². The van der Waals surface area contributed by atoms with Gasteiger partial charge in [-0.1, -0.05) is 0 Å². The standard InChI is InChI=1S/C11H17N5O11P2.Na/c1-15-3-16(8-5(15)9(19)14-11(12)13-8)10-7(18)6(17)4(26-10)2-25-29(23,24)27-28(20,21)22;/h3-7,10,17-18H,2H2,1H3,(H4-,12,14,19,20,21,22,23,24);/t4-,5?,6-,7-,10-;/m1./s1. The molecular formula is C11H17N5NaO11P2. The van der Waals surface area contributed by atoms with Gasteiger partial charge < -0.3 is 34.2 Å². The summed E-state index contributed by atoms with van der Waals surface area (Å²) in [5.41, 5.74) is 0. The number of aliphatic hydroxyl groups excluding tert-OH is 2. The van der Waals surface area contributed by atoms with Crippen molar-refractivity contribution >= 4 is 69.2 Å². The van der Waals surface area contributed by atoms with Gasteiger partial charge >= 0.3 is 7.82 Å². The molecule has 30 heavy (non-hydrogen) atoms. The molecule has 1 amide bonds. The van der Waals surface area contributed by atoms with Gasteiger partial charge in [0.25, 0.3) is 25.6 Å². The van der Waals surface area contributed by atoms with Gasteiger partial charge in [0.05, 0.1) is 13.7 Å². The van der Waals surface area contributed by atoms with Crippen LogP contribution in [0.15, 0.2) is 4.99 Å². The first-order valence-electron chi connectivity index (χ1n) is 7.86. The zero-order valence-electron chi connectivity index (χ0n) is 15.6. The SMILES string of the molecule is C[N+]1=CN([C@@H]2O[C@H](COP(=O)([O-])OP(=O)(O)O)[C@@H](O)[C@H]2O)C2=NC(=N)NC(=O)C21.[Na]. The van der Waals surface area contributed by atoms with Crippen LogP contribution in [0.2, 0.25) is 0 Å². The van der Waals surface area contributed by atoms with E-state index in [0.717, 1.165) is 0 Å². The number of carbonyl (C=O) groups is 1. The van der Waals surface area contributed by atoms with Gasteiger partial charge in [0.1, 0.15) is 18.3 Å². The molecule has 6 N–H and O–H groups in total. The Bertz CT molecular complexity index is 893. The van der Waals surface area contributed by atoms with Gasteiger partial charge in [0.2, 0.25) is 18.5 Å². The number of phosphoric ester groups is 1. The van der Waals surface area contributed by atoms with Crippen molar-refractivity contribution in [1.29, 1.82) is 5.41 Å². The third-order valence-electron chi connectivity index (χ3n) is 4.15. The van der Waals surface area contributed by atoms with Crippen molar-refractivity contribution in [3.8, 4) is 0 Å². The average Bonchev–Trinajstić information content (AvgIpc) is 3.01. The molecule has 3 aliphatic rings. The van der Waals surface area contributed by atoms with E-state index in [1.54, 1.807) is 0 Å². The van der Waals surface area contributed by atoms with Crippen LogP contribution in [0.5, 0.6) is 0 Å². The number of aliphatic imine (C=N–C) groups is 1. The van der Waals surface area contributed by atoms with Crippen LogP contribution in [0.4, 0.5) is 0 Å². The number of rotatable bonds is 6. The largest absolute Gasteiger partial charge is 0.756 e. The molecule has 19 heteroatoms. The van der Waals surface area contributed by atoms with Gasteiger partial charge in [-0.25, -0.2) is 13.5 Å². The Morgan fingerprint density at radius 2 is 2.03 bits per heavy atom. The second-order valence-corrected chi connectivity index (χ2v) is 9.05. The molecule has 0 bridgehead atoms. The molecule has 163 valence electrons. The number of carbonyl (C=O) groups excluding carboxylic acids is 1. The van der Waals surface area contributed by atoms with Gasteiger partial charge in [0, 0.05) is 29.6 Å². The second-order valence-electron chi connectivity index (χ2n) is 6.26. The van der Waals surface area contributed by atoms with Crippen molar-refractivity contribution < 1.29 is 57.0 Å². The fraction of sp³-hybridized carbons (Fsp3) is 0.636. The molecule has 3 aliphatic heterocycles. The van der Waals surface area contributed by atoms with Gasteiger partial charge in [0.15, 0.2) is 0 Å². The van der Waals surface area contributed by atoms with Gasteiger partial charge in [-0.15, -0.1) is 0 Å². The van der Waals surface area contributed by atoms with Gasteiger partial charge in [-0.3, -0.25) is 20.1 Å². The summed E-state index contributed by atoms with van der Waals surface area (Å²) in [5.74, 6) is -0.945. The topological polar surface area (TPSA) is 237 Å². The summed E-state index contributed by atoms with van der Waals surface area (Å²) in [5, 5.41) is 30.2. The molecule has 0 aromatic rings. The minimum atomic E-state index is -5.43. The van der Waals surface area contributed by atoms with Crippen molar-refractivity contribution in [1.82, 2.24) is 10.2 Å². The average molecular weight is 480 g/mol.